The van der Waals surface area contributed by atoms with Crippen LogP contribution in [0.5, 0.6) is 0 Å². The highest BCUT2D eigenvalue weighted by Crippen LogP contribution is 2.28. The molecule has 2 rings (SSSR count). The second-order valence-corrected chi connectivity index (χ2v) is 5.07. The Morgan fingerprint density at radius 3 is 2.24 bits per heavy atom. The molecule has 17 heavy (non-hydrogen) atoms. The highest BCUT2D eigenvalue weighted by atomic mass is 35.5. The lowest BCUT2D eigenvalue weighted by molar-refractivity contribution is 0.908. The number of benzene rings is 2. The third-order valence-corrected chi connectivity index (χ3v) is 3.52. The maximum Gasteiger partial charge on any atom is 0.0406 e. The van der Waals surface area contributed by atoms with Crippen LogP contribution in [0.4, 0.5) is 0 Å². The molecular formula is C16H17Cl. The molecule has 0 fully saturated rings. The first-order valence-corrected chi connectivity index (χ1v) is 6.28. The average molecular weight is 245 g/mol. The molecule has 2 aromatic rings. The summed E-state index contributed by atoms with van der Waals surface area (Å²) in [5, 5.41) is 0.793. The van der Waals surface area contributed by atoms with Gasteiger partial charge in [-0.3, -0.25) is 0 Å². The van der Waals surface area contributed by atoms with Crippen LogP contribution in [-0.4, -0.2) is 0 Å². The molecule has 0 bridgehead atoms. The molecule has 0 spiro atoms. The first-order chi connectivity index (χ1) is 8.08. The lowest BCUT2D eigenvalue weighted by Crippen LogP contribution is -1.99. The third-order valence-electron chi connectivity index (χ3n) is 3.27. The van der Waals surface area contributed by atoms with Crippen molar-refractivity contribution in [3.63, 3.8) is 0 Å². The smallest absolute Gasteiger partial charge is 0.0406 e. The minimum absolute atomic E-state index is 0.409. The quantitative estimate of drug-likeness (QED) is 0.689. The van der Waals surface area contributed by atoms with Crippen LogP contribution in [0.1, 0.15) is 35.1 Å². The van der Waals surface area contributed by atoms with E-state index in [0.717, 1.165) is 5.02 Å². The average Bonchev–Trinajstić information content (AvgIpc) is 2.32. The number of hydrogen-bond donors (Lipinski definition) is 0. The molecule has 88 valence electrons. The first-order valence-electron chi connectivity index (χ1n) is 5.90. The Hall–Kier alpha value is -1.27. The summed E-state index contributed by atoms with van der Waals surface area (Å²) in [5.41, 5.74) is 5.36. The van der Waals surface area contributed by atoms with E-state index in [9.17, 15) is 0 Å². The van der Waals surface area contributed by atoms with Crippen LogP contribution in [0.25, 0.3) is 0 Å². The van der Waals surface area contributed by atoms with Crippen LogP contribution < -0.4 is 0 Å². The minimum atomic E-state index is 0.409. The fourth-order valence-corrected chi connectivity index (χ4v) is 2.28. The van der Waals surface area contributed by atoms with E-state index in [2.05, 4.69) is 51.1 Å². The topological polar surface area (TPSA) is 0 Å². The molecular weight excluding hydrogens is 228 g/mol. The van der Waals surface area contributed by atoms with Crippen molar-refractivity contribution in [2.45, 2.75) is 26.7 Å². The summed E-state index contributed by atoms with van der Waals surface area (Å²) in [6.45, 7) is 6.55. The maximum absolute atomic E-state index is 5.92. The van der Waals surface area contributed by atoms with Gasteiger partial charge in [-0.15, -0.1) is 0 Å². The number of aryl methyl sites for hydroxylation is 2. The molecule has 0 saturated heterocycles. The van der Waals surface area contributed by atoms with Gasteiger partial charge in [0.25, 0.3) is 0 Å². The highest BCUT2D eigenvalue weighted by molar-refractivity contribution is 6.30. The zero-order valence-electron chi connectivity index (χ0n) is 10.5. The Balaban J connectivity index is 2.39. The Morgan fingerprint density at radius 2 is 1.59 bits per heavy atom. The Kier molecular flexibility index (Phi) is 3.54. The van der Waals surface area contributed by atoms with Gasteiger partial charge < -0.3 is 0 Å². The van der Waals surface area contributed by atoms with Gasteiger partial charge in [-0.1, -0.05) is 54.4 Å². The largest absolute Gasteiger partial charge is 0.0843 e. The zero-order valence-corrected chi connectivity index (χ0v) is 11.3. The fourth-order valence-electron chi connectivity index (χ4n) is 2.16. The van der Waals surface area contributed by atoms with Crippen molar-refractivity contribution in [1.29, 1.82) is 0 Å². The minimum Gasteiger partial charge on any atom is -0.0843 e. The third kappa shape index (κ3) is 2.70. The predicted octanol–water partition coefficient (Wildman–Crippen LogP) is 5.11. The van der Waals surface area contributed by atoms with E-state index in [1.165, 1.54) is 22.3 Å². The molecule has 1 unspecified atom stereocenters. The van der Waals surface area contributed by atoms with Crippen molar-refractivity contribution < 1.29 is 0 Å². The van der Waals surface area contributed by atoms with E-state index in [0.29, 0.717) is 5.92 Å². The molecule has 0 nitrogen and oxygen atoms in total. The fraction of sp³-hybridized carbons (Fsp3) is 0.250. The summed E-state index contributed by atoms with van der Waals surface area (Å²) in [4.78, 5) is 0. The summed E-state index contributed by atoms with van der Waals surface area (Å²) in [5.74, 6) is 0.409. The van der Waals surface area contributed by atoms with Crippen LogP contribution >= 0.6 is 11.6 Å². The van der Waals surface area contributed by atoms with E-state index in [-0.39, 0.29) is 0 Å². The van der Waals surface area contributed by atoms with E-state index in [1.807, 2.05) is 12.1 Å². The maximum atomic E-state index is 5.92. The number of halogens is 1. The van der Waals surface area contributed by atoms with Crippen molar-refractivity contribution in [2.75, 3.05) is 0 Å². The van der Waals surface area contributed by atoms with Crippen molar-refractivity contribution in [3.05, 3.63) is 69.7 Å². The summed E-state index contributed by atoms with van der Waals surface area (Å²) >= 11 is 5.92. The molecule has 0 N–H and O–H groups in total. The second-order valence-electron chi connectivity index (χ2n) is 4.63. The Labute approximate surface area is 108 Å². The van der Waals surface area contributed by atoms with E-state index in [4.69, 9.17) is 11.6 Å². The number of rotatable bonds is 2. The molecule has 2 aromatic carbocycles. The van der Waals surface area contributed by atoms with Gasteiger partial charge in [0.2, 0.25) is 0 Å². The van der Waals surface area contributed by atoms with Crippen molar-refractivity contribution in [1.82, 2.24) is 0 Å². The Bertz CT molecular complexity index is 512. The molecule has 0 aliphatic heterocycles. The van der Waals surface area contributed by atoms with E-state index >= 15 is 0 Å². The van der Waals surface area contributed by atoms with Crippen LogP contribution in [0.2, 0.25) is 5.02 Å². The summed E-state index contributed by atoms with van der Waals surface area (Å²) < 4.78 is 0. The van der Waals surface area contributed by atoms with Gasteiger partial charge in [0.05, 0.1) is 0 Å². The van der Waals surface area contributed by atoms with Gasteiger partial charge in [-0.25, -0.2) is 0 Å². The zero-order chi connectivity index (χ0) is 12.4. The monoisotopic (exact) mass is 244 g/mol. The molecule has 0 aromatic heterocycles. The summed E-state index contributed by atoms with van der Waals surface area (Å²) in [6, 6.07) is 14.7. The molecule has 0 saturated carbocycles. The van der Waals surface area contributed by atoms with Crippen LogP contribution in [-0.2, 0) is 0 Å². The van der Waals surface area contributed by atoms with Gasteiger partial charge in [0.15, 0.2) is 0 Å². The molecule has 0 radical (unpaired) electrons. The van der Waals surface area contributed by atoms with Crippen LogP contribution in [0, 0.1) is 13.8 Å². The van der Waals surface area contributed by atoms with Crippen molar-refractivity contribution >= 4 is 11.6 Å². The molecule has 0 aliphatic rings. The second kappa shape index (κ2) is 4.93. The predicted molar refractivity (Wildman–Crippen MR) is 74.9 cm³/mol. The SMILES string of the molecule is Cc1ccc(C)c(C(C)c2ccc(Cl)cc2)c1. The van der Waals surface area contributed by atoms with Crippen LogP contribution in [0.15, 0.2) is 42.5 Å². The summed E-state index contributed by atoms with van der Waals surface area (Å²) in [6.07, 6.45) is 0. The number of hydrogen-bond acceptors (Lipinski definition) is 0. The molecule has 1 heteroatoms. The molecule has 0 aliphatic carbocycles. The molecule has 0 amide bonds. The van der Waals surface area contributed by atoms with Crippen LogP contribution in [0.3, 0.4) is 0 Å². The highest BCUT2D eigenvalue weighted by Gasteiger charge is 2.10. The van der Waals surface area contributed by atoms with Gasteiger partial charge in [0.1, 0.15) is 0 Å². The Morgan fingerprint density at radius 1 is 0.941 bits per heavy atom. The normalized spacial score (nSPS) is 12.5. The van der Waals surface area contributed by atoms with E-state index in [1.54, 1.807) is 0 Å². The lowest BCUT2D eigenvalue weighted by Gasteiger charge is -2.16. The molecule has 1 atom stereocenters. The standard InChI is InChI=1S/C16H17Cl/c1-11-4-5-12(2)16(10-11)13(3)14-6-8-15(17)9-7-14/h4-10,13H,1-3H3. The summed E-state index contributed by atoms with van der Waals surface area (Å²) in [7, 11) is 0. The lowest BCUT2D eigenvalue weighted by atomic mass is 9.89. The first kappa shape index (κ1) is 12.2. The van der Waals surface area contributed by atoms with Gasteiger partial charge in [-0.05, 0) is 42.7 Å². The van der Waals surface area contributed by atoms with E-state index < -0.39 is 0 Å². The van der Waals surface area contributed by atoms with Gasteiger partial charge in [0, 0.05) is 10.9 Å². The van der Waals surface area contributed by atoms with Crippen molar-refractivity contribution in [3.8, 4) is 0 Å². The van der Waals surface area contributed by atoms with Gasteiger partial charge >= 0.3 is 0 Å². The molecule has 0 heterocycles. The van der Waals surface area contributed by atoms with Gasteiger partial charge in [-0.2, -0.15) is 0 Å². The van der Waals surface area contributed by atoms with Crippen molar-refractivity contribution in [2.24, 2.45) is 0 Å².